The summed E-state index contributed by atoms with van der Waals surface area (Å²) >= 11 is 0. The molecule has 0 amide bonds. The van der Waals surface area contributed by atoms with Gasteiger partial charge in [0.2, 0.25) is 0 Å². The second kappa shape index (κ2) is 2.63. The van der Waals surface area contributed by atoms with Gasteiger partial charge in [-0.2, -0.15) is 0 Å². The van der Waals surface area contributed by atoms with Crippen LogP contribution in [0.3, 0.4) is 0 Å². The third-order valence-electron chi connectivity index (χ3n) is 1.13. The van der Waals surface area contributed by atoms with Crippen molar-refractivity contribution in [3.05, 3.63) is 0 Å². The quantitative estimate of drug-likeness (QED) is 0.362. The van der Waals surface area contributed by atoms with Gasteiger partial charge in [-0.3, -0.25) is 0 Å². The van der Waals surface area contributed by atoms with Crippen LogP contribution >= 0.6 is 0 Å². The number of ether oxygens (including phenoxy) is 1. The van der Waals surface area contributed by atoms with Crippen molar-refractivity contribution in [3.8, 4) is 11.8 Å². The summed E-state index contributed by atoms with van der Waals surface area (Å²) in [5, 5.41) is 0. The molecular weight excluding hydrogens is 156 g/mol. The number of hydrogen-bond acceptors (Lipinski definition) is 2. The number of rotatable bonds is 4. The van der Waals surface area contributed by atoms with Crippen molar-refractivity contribution < 1.29 is 9.16 Å². The average molecular weight is 170 g/mol. The molecule has 0 unspecified atom stereocenters. The van der Waals surface area contributed by atoms with Crippen molar-refractivity contribution in [2.24, 2.45) is 0 Å². The highest BCUT2D eigenvalue weighted by atomic mass is 28.4. The predicted molar refractivity (Wildman–Crippen MR) is 46.6 cm³/mol. The van der Waals surface area contributed by atoms with Crippen LogP contribution < -0.4 is 0 Å². The van der Waals surface area contributed by atoms with Gasteiger partial charge in [0.1, 0.15) is 0 Å². The van der Waals surface area contributed by atoms with Crippen LogP contribution in [0.15, 0.2) is 0 Å². The first-order chi connectivity index (χ1) is 4.97. The van der Waals surface area contributed by atoms with Crippen LogP contribution in [0.5, 0.6) is 0 Å². The minimum Gasteiger partial charge on any atom is -0.372 e. The fourth-order valence-electron chi connectivity index (χ4n) is 0.838. The maximum Gasteiger partial charge on any atom is 0.291 e. The van der Waals surface area contributed by atoms with E-state index in [1.807, 2.05) is 6.92 Å². The normalized spacial score (nSPS) is 18.9. The Kier molecular flexibility index (Phi) is 2.10. The summed E-state index contributed by atoms with van der Waals surface area (Å²) in [6.45, 7) is 8.95. The van der Waals surface area contributed by atoms with Crippen molar-refractivity contribution >= 4 is 8.32 Å². The van der Waals surface area contributed by atoms with Gasteiger partial charge in [-0.15, -0.1) is 0 Å². The fourth-order valence-corrected chi connectivity index (χ4v) is 1.86. The molecule has 3 heteroatoms. The summed E-state index contributed by atoms with van der Waals surface area (Å²) < 4.78 is 11.0. The molecule has 0 aromatic carbocycles. The van der Waals surface area contributed by atoms with Gasteiger partial charge in [0.25, 0.3) is 5.79 Å². The SMILES string of the molecule is CCOC1(O[Si](C)(C)C)C#C1. The summed E-state index contributed by atoms with van der Waals surface area (Å²) in [6.07, 6.45) is 0. The molecule has 0 saturated heterocycles. The van der Waals surface area contributed by atoms with Gasteiger partial charge in [0.05, 0.1) is 0 Å². The predicted octanol–water partition coefficient (Wildman–Crippen LogP) is 1.59. The van der Waals surface area contributed by atoms with Gasteiger partial charge in [-0.25, -0.2) is 0 Å². The van der Waals surface area contributed by atoms with Crippen molar-refractivity contribution in [3.63, 3.8) is 0 Å². The highest BCUT2D eigenvalue weighted by Crippen LogP contribution is 2.25. The van der Waals surface area contributed by atoms with E-state index in [0.717, 1.165) is 0 Å². The molecule has 0 N–H and O–H groups in total. The van der Waals surface area contributed by atoms with Crippen molar-refractivity contribution in [2.45, 2.75) is 32.4 Å². The maximum atomic E-state index is 5.67. The molecule has 0 atom stereocenters. The van der Waals surface area contributed by atoms with Gasteiger partial charge in [-0.1, -0.05) is 0 Å². The third kappa shape index (κ3) is 2.66. The van der Waals surface area contributed by atoms with Gasteiger partial charge in [-0.05, 0) is 38.4 Å². The van der Waals surface area contributed by atoms with Crippen molar-refractivity contribution in [2.75, 3.05) is 6.61 Å². The second-order valence-corrected chi connectivity index (χ2v) is 7.94. The van der Waals surface area contributed by atoms with Crippen LogP contribution in [-0.4, -0.2) is 20.7 Å². The van der Waals surface area contributed by atoms with Gasteiger partial charge >= 0.3 is 0 Å². The molecule has 1 aliphatic carbocycles. The molecule has 0 heterocycles. The van der Waals surface area contributed by atoms with Crippen molar-refractivity contribution in [1.82, 2.24) is 0 Å². The lowest BCUT2D eigenvalue weighted by Gasteiger charge is -2.24. The summed E-state index contributed by atoms with van der Waals surface area (Å²) in [5.74, 6) is 5.04. The fraction of sp³-hybridized carbons (Fsp3) is 0.750. The lowest BCUT2D eigenvalue weighted by molar-refractivity contribution is -0.0785. The minimum atomic E-state index is -1.52. The van der Waals surface area contributed by atoms with E-state index in [4.69, 9.17) is 9.16 Å². The minimum absolute atomic E-state index is 0.643. The molecule has 0 aromatic rings. The zero-order chi connectivity index (χ0) is 8.54. The Hall–Kier alpha value is -0.303. The lowest BCUT2D eigenvalue weighted by Crippen LogP contribution is -2.37. The lowest BCUT2D eigenvalue weighted by atomic mass is 10.6. The van der Waals surface area contributed by atoms with E-state index in [1.165, 1.54) is 0 Å². The van der Waals surface area contributed by atoms with Crippen molar-refractivity contribution in [1.29, 1.82) is 0 Å². The van der Waals surface area contributed by atoms with Crippen LogP contribution in [0.25, 0.3) is 0 Å². The van der Waals surface area contributed by atoms with Crippen LogP contribution in [0.4, 0.5) is 0 Å². The molecule has 1 aliphatic rings. The Labute approximate surface area is 69.0 Å². The molecule has 2 nitrogen and oxygen atoms in total. The molecule has 11 heavy (non-hydrogen) atoms. The highest BCUT2D eigenvalue weighted by Gasteiger charge is 2.40. The summed E-state index contributed by atoms with van der Waals surface area (Å²) in [4.78, 5) is 0. The Morgan fingerprint density at radius 2 is 1.82 bits per heavy atom. The van der Waals surface area contributed by atoms with Gasteiger partial charge in [0, 0.05) is 6.61 Å². The maximum absolute atomic E-state index is 5.67. The molecule has 0 bridgehead atoms. The van der Waals surface area contributed by atoms with E-state index in [0.29, 0.717) is 6.61 Å². The van der Waals surface area contributed by atoms with Gasteiger partial charge in [0.15, 0.2) is 8.32 Å². The standard InChI is InChI=1S/C8H14O2Si/c1-5-9-8(6-7-8)10-11(2,3)4/h5H2,1-4H3. The molecule has 0 fully saturated rings. The molecule has 0 saturated carbocycles. The van der Waals surface area contributed by atoms with Crippen LogP contribution in [0, 0.1) is 11.8 Å². The topological polar surface area (TPSA) is 18.5 Å². The van der Waals surface area contributed by atoms with Crippen LogP contribution in [-0.2, 0) is 9.16 Å². The summed E-state index contributed by atoms with van der Waals surface area (Å²) in [6, 6.07) is 0. The van der Waals surface area contributed by atoms with E-state index >= 15 is 0 Å². The van der Waals surface area contributed by atoms with E-state index < -0.39 is 14.1 Å². The Balaban J connectivity index is 2.36. The smallest absolute Gasteiger partial charge is 0.291 e. The van der Waals surface area contributed by atoms with E-state index in [2.05, 4.69) is 31.5 Å². The monoisotopic (exact) mass is 170 g/mol. The molecule has 1 rings (SSSR count). The molecule has 0 aliphatic heterocycles. The Morgan fingerprint density at radius 3 is 2.09 bits per heavy atom. The molecule has 62 valence electrons. The van der Waals surface area contributed by atoms with Crippen LogP contribution in [0.2, 0.25) is 19.6 Å². The highest BCUT2D eigenvalue weighted by molar-refractivity contribution is 6.69. The summed E-state index contributed by atoms with van der Waals surface area (Å²) in [7, 11) is -1.52. The first-order valence-corrected chi connectivity index (χ1v) is 7.27. The molecule has 0 aromatic heterocycles. The zero-order valence-electron chi connectivity index (χ0n) is 7.52. The van der Waals surface area contributed by atoms with E-state index in [-0.39, 0.29) is 0 Å². The van der Waals surface area contributed by atoms with E-state index in [9.17, 15) is 0 Å². The van der Waals surface area contributed by atoms with Gasteiger partial charge < -0.3 is 9.16 Å². The summed E-state index contributed by atoms with van der Waals surface area (Å²) in [5.41, 5.74) is 0. The molecule has 0 radical (unpaired) electrons. The van der Waals surface area contributed by atoms with Crippen LogP contribution in [0.1, 0.15) is 6.92 Å². The molecular formula is C8H14O2Si. The Morgan fingerprint density at radius 1 is 1.27 bits per heavy atom. The Bertz CT molecular complexity index is 198. The zero-order valence-corrected chi connectivity index (χ0v) is 8.52. The first kappa shape index (κ1) is 8.79. The molecule has 0 spiro atoms. The average Bonchev–Trinajstić information content (AvgIpc) is 2.44. The first-order valence-electron chi connectivity index (χ1n) is 3.86. The third-order valence-corrected chi connectivity index (χ3v) is 2.03. The van der Waals surface area contributed by atoms with E-state index in [1.54, 1.807) is 0 Å². The second-order valence-electron chi connectivity index (χ2n) is 3.51. The largest absolute Gasteiger partial charge is 0.372 e. The number of hydrogen-bond donors (Lipinski definition) is 0.